The van der Waals surface area contributed by atoms with Gasteiger partial charge in [0.25, 0.3) is 0 Å². The number of benzene rings is 1. The van der Waals surface area contributed by atoms with Gasteiger partial charge in [0.1, 0.15) is 5.82 Å². The Morgan fingerprint density at radius 1 is 0.944 bits per heavy atom. The molecule has 0 radical (unpaired) electrons. The number of carbonyl (C=O) groups is 1. The van der Waals surface area contributed by atoms with E-state index in [0.717, 1.165) is 61.7 Å². The Hall–Kier alpha value is -3.72. The van der Waals surface area contributed by atoms with E-state index in [9.17, 15) is 4.79 Å². The van der Waals surface area contributed by atoms with Crippen LogP contribution in [0.1, 0.15) is 48.9 Å². The van der Waals surface area contributed by atoms with Crippen molar-refractivity contribution in [3.63, 3.8) is 0 Å². The first-order chi connectivity index (χ1) is 17.5. The van der Waals surface area contributed by atoms with Gasteiger partial charge in [0.15, 0.2) is 0 Å². The van der Waals surface area contributed by atoms with Gasteiger partial charge < -0.3 is 27.0 Å². The molecule has 6 N–H and O–H groups in total. The zero-order valence-electron chi connectivity index (χ0n) is 20.4. The van der Waals surface area contributed by atoms with E-state index in [1.165, 1.54) is 12.8 Å². The third kappa shape index (κ3) is 5.73. The van der Waals surface area contributed by atoms with Crippen molar-refractivity contribution >= 4 is 23.4 Å². The lowest BCUT2D eigenvalue weighted by atomic mass is 9.89. The molecular formula is C27H34N8O. The van der Waals surface area contributed by atoms with Crippen molar-refractivity contribution in [1.82, 2.24) is 20.3 Å². The fourth-order valence-electron chi connectivity index (χ4n) is 5.33. The van der Waals surface area contributed by atoms with Crippen LogP contribution in [0.2, 0.25) is 0 Å². The summed E-state index contributed by atoms with van der Waals surface area (Å²) in [6.07, 6.45) is 12.0. The minimum atomic E-state index is -0.426. The molecule has 2 aliphatic rings. The van der Waals surface area contributed by atoms with Gasteiger partial charge in [0.2, 0.25) is 11.9 Å². The van der Waals surface area contributed by atoms with Crippen molar-refractivity contribution in [2.75, 3.05) is 29.0 Å². The summed E-state index contributed by atoms with van der Waals surface area (Å²) in [6.45, 7) is 1.85. The number of amides is 1. The topological polar surface area (TPSA) is 135 Å². The molecule has 1 saturated carbocycles. The van der Waals surface area contributed by atoms with Gasteiger partial charge in [-0.2, -0.15) is 0 Å². The minimum Gasteiger partial charge on any atom is -0.396 e. The molecule has 1 saturated heterocycles. The number of nitrogens with zero attached hydrogens (tertiary/aromatic N) is 4. The molecule has 9 nitrogen and oxygen atoms in total. The van der Waals surface area contributed by atoms with Crippen LogP contribution in [0.25, 0.3) is 11.1 Å². The second kappa shape index (κ2) is 10.9. The average Bonchev–Trinajstić information content (AvgIpc) is 2.91. The van der Waals surface area contributed by atoms with Crippen LogP contribution < -0.4 is 27.0 Å². The predicted octanol–water partition coefficient (Wildman–Crippen LogP) is 3.20. The summed E-state index contributed by atoms with van der Waals surface area (Å²) < 4.78 is 0. The molecule has 3 heterocycles. The Morgan fingerprint density at radius 3 is 2.53 bits per heavy atom. The van der Waals surface area contributed by atoms with Gasteiger partial charge in [-0.05, 0) is 61.1 Å². The Balaban J connectivity index is 1.26. The van der Waals surface area contributed by atoms with Gasteiger partial charge in [-0.25, -0.2) is 15.0 Å². The van der Waals surface area contributed by atoms with Crippen molar-refractivity contribution in [3.8, 4) is 11.1 Å². The first-order valence-electron chi connectivity index (χ1n) is 12.8. The molecule has 0 spiro atoms. The third-order valence-electron chi connectivity index (χ3n) is 7.15. The highest BCUT2D eigenvalue weighted by molar-refractivity contribution is 5.94. The third-order valence-corrected chi connectivity index (χ3v) is 7.15. The summed E-state index contributed by atoms with van der Waals surface area (Å²) >= 11 is 0. The van der Waals surface area contributed by atoms with Gasteiger partial charge in [0, 0.05) is 43.0 Å². The highest BCUT2D eigenvalue weighted by Crippen LogP contribution is 2.27. The van der Waals surface area contributed by atoms with E-state index in [0.29, 0.717) is 29.4 Å². The maximum Gasteiger partial charge on any atom is 0.248 e. The number of primary amides is 1. The number of hydrogen-bond donors (Lipinski definition) is 4. The Morgan fingerprint density at radius 2 is 1.72 bits per heavy atom. The van der Waals surface area contributed by atoms with E-state index in [1.807, 2.05) is 36.5 Å². The smallest absolute Gasteiger partial charge is 0.248 e. The lowest BCUT2D eigenvalue weighted by molar-refractivity contribution is 0.100. The minimum absolute atomic E-state index is 0.293. The van der Waals surface area contributed by atoms with Crippen LogP contribution >= 0.6 is 0 Å². The monoisotopic (exact) mass is 486 g/mol. The number of nitrogen functional groups attached to an aromatic ring is 1. The van der Waals surface area contributed by atoms with Crippen LogP contribution in [0.15, 0.2) is 55.0 Å². The largest absolute Gasteiger partial charge is 0.396 e. The number of pyridine rings is 1. The number of hydrogen-bond acceptors (Lipinski definition) is 8. The van der Waals surface area contributed by atoms with E-state index in [2.05, 4.69) is 30.5 Å². The Bertz CT molecular complexity index is 1180. The Kier molecular flexibility index (Phi) is 7.27. The number of rotatable bonds is 7. The van der Waals surface area contributed by atoms with E-state index in [-0.39, 0.29) is 0 Å². The molecule has 5 rings (SSSR count). The summed E-state index contributed by atoms with van der Waals surface area (Å²) in [5.41, 5.74) is 14.3. The summed E-state index contributed by atoms with van der Waals surface area (Å²) in [5.74, 6) is 1.16. The first kappa shape index (κ1) is 24.0. The fraction of sp³-hybridized carbons (Fsp3) is 0.407. The van der Waals surface area contributed by atoms with E-state index < -0.39 is 5.91 Å². The quantitative estimate of drug-likeness (QED) is 0.400. The van der Waals surface area contributed by atoms with Crippen molar-refractivity contribution in [2.45, 2.75) is 56.7 Å². The zero-order valence-corrected chi connectivity index (χ0v) is 20.4. The molecule has 0 bridgehead atoms. The number of aromatic nitrogens is 3. The molecule has 3 aromatic rings. The van der Waals surface area contributed by atoms with Crippen molar-refractivity contribution in [3.05, 3.63) is 60.6 Å². The number of anilines is 3. The molecule has 1 aliphatic carbocycles. The second-order valence-corrected chi connectivity index (χ2v) is 9.78. The van der Waals surface area contributed by atoms with Gasteiger partial charge in [-0.15, -0.1) is 0 Å². The zero-order chi connectivity index (χ0) is 24.9. The number of piperidine rings is 1. The molecule has 188 valence electrons. The van der Waals surface area contributed by atoms with Crippen LogP contribution in [0, 0.1) is 0 Å². The molecule has 9 heteroatoms. The molecule has 2 aromatic heterocycles. The summed E-state index contributed by atoms with van der Waals surface area (Å²) in [4.78, 5) is 27.3. The highest BCUT2D eigenvalue weighted by Gasteiger charge is 2.30. The molecule has 1 amide bonds. The predicted molar refractivity (Wildman–Crippen MR) is 143 cm³/mol. The second-order valence-electron chi connectivity index (χ2n) is 9.78. The molecule has 1 aromatic carbocycles. The van der Waals surface area contributed by atoms with Gasteiger partial charge in [-0.1, -0.05) is 25.0 Å². The molecule has 3 atom stereocenters. The van der Waals surface area contributed by atoms with Crippen LogP contribution in [-0.2, 0) is 0 Å². The molecule has 1 aliphatic heterocycles. The van der Waals surface area contributed by atoms with Crippen LogP contribution in [0.3, 0.4) is 0 Å². The van der Waals surface area contributed by atoms with Crippen molar-refractivity contribution in [2.24, 2.45) is 5.73 Å². The average molecular weight is 487 g/mol. The molecular weight excluding hydrogens is 452 g/mol. The van der Waals surface area contributed by atoms with E-state index >= 15 is 0 Å². The lowest BCUT2D eigenvalue weighted by Crippen LogP contribution is -2.55. The van der Waals surface area contributed by atoms with Crippen LogP contribution in [0.5, 0.6) is 0 Å². The summed E-state index contributed by atoms with van der Waals surface area (Å²) in [5, 5.41) is 7.64. The van der Waals surface area contributed by atoms with Gasteiger partial charge >= 0.3 is 0 Å². The molecule has 0 unspecified atom stereocenters. The van der Waals surface area contributed by atoms with Crippen molar-refractivity contribution in [1.29, 1.82) is 0 Å². The molecule has 2 fully saturated rings. The van der Waals surface area contributed by atoms with Crippen LogP contribution in [0.4, 0.5) is 17.5 Å². The highest BCUT2D eigenvalue weighted by atomic mass is 16.1. The van der Waals surface area contributed by atoms with Gasteiger partial charge in [0.05, 0.1) is 18.1 Å². The fourth-order valence-corrected chi connectivity index (χ4v) is 5.33. The number of carbonyl (C=O) groups excluding carboxylic acids is 1. The normalized spacial score (nSPS) is 22.2. The molecule has 36 heavy (non-hydrogen) atoms. The maximum absolute atomic E-state index is 11.6. The summed E-state index contributed by atoms with van der Waals surface area (Å²) in [7, 11) is 0. The Labute approximate surface area is 211 Å². The SMILES string of the molecule is NC(=O)c1cccc(-c2ccnc(N[C@@H]3CCCC[C@H]3N[C@H]3CCCN(c4ncc(N)cn4)C3)c2)c1. The van der Waals surface area contributed by atoms with E-state index in [4.69, 9.17) is 11.5 Å². The first-order valence-corrected chi connectivity index (χ1v) is 12.8. The number of nitrogens with one attached hydrogen (secondary N) is 2. The van der Waals surface area contributed by atoms with Crippen LogP contribution in [-0.4, -0.2) is 52.1 Å². The summed E-state index contributed by atoms with van der Waals surface area (Å²) in [6, 6.07) is 12.4. The van der Waals surface area contributed by atoms with E-state index in [1.54, 1.807) is 18.5 Å². The standard InChI is InChI=1S/C27H34N8O/c28-21-15-31-27(32-16-21)35-12-4-7-22(17-35)33-23-8-1-2-9-24(23)34-25-14-19(10-11-30-25)18-5-3-6-20(13-18)26(29)36/h3,5-6,10-11,13-16,22-24,33H,1-2,4,7-9,12,17,28H2,(H2,29,36)(H,30,34)/t22-,23+,24+/m0/s1. The lowest BCUT2D eigenvalue weighted by Gasteiger charge is -2.39. The maximum atomic E-state index is 11.6. The van der Waals surface area contributed by atoms with Crippen molar-refractivity contribution < 1.29 is 4.79 Å². The van der Waals surface area contributed by atoms with Gasteiger partial charge in [-0.3, -0.25) is 4.79 Å². The number of nitrogens with two attached hydrogens (primary N) is 2.